The van der Waals surface area contributed by atoms with Gasteiger partial charge in [-0.15, -0.1) is 0 Å². The Kier molecular flexibility index (Phi) is 8.37. The third kappa shape index (κ3) is 7.35. The fourth-order valence-electron chi connectivity index (χ4n) is 3.64. The van der Waals surface area contributed by atoms with Gasteiger partial charge >= 0.3 is 6.18 Å². The molecule has 2 amide bonds. The van der Waals surface area contributed by atoms with Crippen LogP contribution in [0.25, 0.3) is 5.69 Å². The second-order valence-electron chi connectivity index (χ2n) is 10.3. The number of carbonyl (C=O) groups excluding carboxylic acids is 2. The summed E-state index contributed by atoms with van der Waals surface area (Å²) in [6.07, 6.45) is -4.58. The monoisotopic (exact) mass is 534 g/mol. The fourth-order valence-corrected chi connectivity index (χ4v) is 3.77. The molecule has 3 aromatic rings. The number of rotatable bonds is 7. The van der Waals surface area contributed by atoms with Gasteiger partial charge < -0.3 is 10.2 Å². The normalized spacial score (nSPS) is 12.1. The van der Waals surface area contributed by atoms with Gasteiger partial charge in [0.15, 0.2) is 0 Å². The number of aromatic nitrogens is 2. The quantitative estimate of drug-likeness (QED) is 0.372. The van der Waals surface area contributed by atoms with Crippen molar-refractivity contribution in [2.24, 2.45) is 5.92 Å². The zero-order valence-corrected chi connectivity index (χ0v) is 22.1. The summed E-state index contributed by atoms with van der Waals surface area (Å²) in [4.78, 5) is 27.5. The number of amides is 2. The first-order valence-electron chi connectivity index (χ1n) is 11.8. The first kappa shape index (κ1) is 28.2. The lowest BCUT2D eigenvalue weighted by atomic mass is 9.92. The third-order valence-corrected chi connectivity index (χ3v) is 5.71. The van der Waals surface area contributed by atoms with Gasteiger partial charge in [-0.05, 0) is 48.4 Å². The summed E-state index contributed by atoms with van der Waals surface area (Å²) in [7, 11) is 0. The van der Waals surface area contributed by atoms with Crippen molar-refractivity contribution in [3.63, 3.8) is 0 Å². The van der Waals surface area contributed by atoms with Crippen LogP contribution < -0.4 is 5.32 Å². The molecule has 10 heteroatoms. The van der Waals surface area contributed by atoms with Crippen molar-refractivity contribution in [1.29, 1.82) is 0 Å². The molecule has 3 rings (SSSR count). The van der Waals surface area contributed by atoms with E-state index < -0.39 is 23.6 Å². The minimum Gasteiger partial charge on any atom is -0.329 e. The van der Waals surface area contributed by atoms with Gasteiger partial charge in [0, 0.05) is 28.6 Å². The molecule has 0 spiro atoms. The molecular weight excluding hydrogens is 505 g/mol. The van der Waals surface area contributed by atoms with E-state index in [4.69, 9.17) is 11.6 Å². The number of nitrogens with zero attached hydrogens (tertiary/aromatic N) is 3. The lowest BCUT2D eigenvalue weighted by molar-refractivity contribution is -0.137. The Balaban J connectivity index is 1.88. The van der Waals surface area contributed by atoms with Crippen molar-refractivity contribution in [3.05, 3.63) is 76.4 Å². The lowest BCUT2D eigenvalue weighted by Crippen LogP contribution is -2.40. The highest BCUT2D eigenvalue weighted by Crippen LogP contribution is 2.30. The van der Waals surface area contributed by atoms with Crippen LogP contribution in [-0.2, 0) is 16.4 Å². The van der Waals surface area contributed by atoms with Crippen LogP contribution in [0.2, 0.25) is 5.02 Å². The minimum atomic E-state index is -4.58. The van der Waals surface area contributed by atoms with Crippen molar-refractivity contribution in [2.45, 2.75) is 46.2 Å². The summed E-state index contributed by atoms with van der Waals surface area (Å²) in [5, 5.41) is 8.02. The van der Waals surface area contributed by atoms with E-state index >= 15 is 0 Å². The Morgan fingerprint density at radius 1 is 1.05 bits per heavy atom. The first-order valence-corrected chi connectivity index (χ1v) is 12.2. The average molecular weight is 535 g/mol. The molecule has 0 saturated carbocycles. The summed E-state index contributed by atoms with van der Waals surface area (Å²) >= 11 is 6.02. The van der Waals surface area contributed by atoms with Crippen LogP contribution in [0.4, 0.5) is 19.0 Å². The average Bonchev–Trinajstić information content (AvgIpc) is 3.22. The van der Waals surface area contributed by atoms with Gasteiger partial charge in [0.05, 0.1) is 16.9 Å². The van der Waals surface area contributed by atoms with Gasteiger partial charge in [-0.25, -0.2) is 4.68 Å². The van der Waals surface area contributed by atoms with E-state index in [-0.39, 0.29) is 30.0 Å². The third-order valence-electron chi connectivity index (χ3n) is 5.46. The SMILES string of the molecule is CC(C)CN(CC(=O)Nc1cc(C(C)(C)C)nn1-c1ccc(Cl)cc1)C(=O)c1cccc(C(F)(F)F)c1. The van der Waals surface area contributed by atoms with Crippen LogP contribution in [0, 0.1) is 5.92 Å². The summed E-state index contributed by atoms with van der Waals surface area (Å²) in [5.74, 6) is -0.781. The highest BCUT2D eigenvalue weighted by Gasteiger charge is 2.32. The van der Waals surface area contributed by atoms with Crippen molar-refractivity contribution in [3.8, 4) is 5.69 Å². The number of alkyl halides is 3. The molecule has 0 unspecified atom stereocenters. The lowest BCUT2D eigenvalue weighted by Gasteiger charge is -2.24. The summed E-state index contributed by atoms with van der Waals surface area (Å²) in [6.45, 7) is 9.53. The van der Waals surface area contributed by atoms with Crippen molar-refractivity contribution >= 4 is 29.2 Å². The minimum absolute atomic E-state index is 0.0189. The van der Waals surface area contributed by atoms with Crippen LogP contribution in [0.1, 0.15) is 56.2 Å². The van der Waals surface area contributed by atoms with E-state index in [1.54, 1.807) is 35.0 Å². The molecular formula is C27H30ClF3N4O2. The molecule has 1 N–H and O–H groups in total. The number of nitrogens with one attached hydrogen (secondary N) is 1. The number of halogens is 4. The molecule has 0 fully saturated rings. The highest BCUT2D eigenvalue weighted by molar-refractivity contribution is 6.30. The second kappa shape index (κ2) is 11.0. The molecule has 0 saturated heterocycles. The number of anilines is 1. The van der Waals surface area contributed by atoms with Gasteiger partial charge in [0.1, 0.15) is 12.4 Å². The predicted octanol–water partition coefficient (Wildman–Crippen LogP) is 6.58. The zero-order valence-electron chi connectivity index (χ0n) is 21.4. The molecule has 0 aliphatic heterocycles. The van der Waals surface area contributed by atoms with Gasteiger partial charge in [0.2, 0.25) is 5.91 Å². The molecule has 0 radical (unpaired) electrons. The van der Waals surface area contributed by atoms with Gasteiger partial charge in [0.25, 0.3) is 5.91 Å². The number of hydrogen-bond donors (Lipinski definition) is 1. The van der Waals surface area contributed by atoms with Crippen LogP contribution in [0.15, 0.2) is 54.6 Å². The Labute approximate surface area is 219 Å². The van der Waals surface area contributed by atoms with E-state index in [9.17, 15) is 22.8 Å². The van der Waals surface area contributed by atoms with E-state index in [0.717, 1.165) is 17.8 Å². The van der Waals surface area contributed by atoms with Crippen molar-refractivity contribution in [2.75, 3.05) is 18.4 Å². The molecule has 0 aliphatic rings. The molecule has 37 heavy (non-hydrogen) atoms. The van der Waals surface area contributed by atoms with Crippen LogP contribution in [-0.4, -0.2) is 39.6 Å². The summed E-state index contributed by atoms with van der Waals surface area (Å²) in [5.41, 5.74) is 0.0461. The molecule has 2 aromatic carbocycles. The maximum Gasteiger partial charge on any atom is 0.416 e. The molecule has 0 bridgehead atoms. The van der Waals surface area contributed by atoms with E-state index in [0.29, 0.717) is 16.5 Å². The Hall–Kier alpha value is -3.33. The molecule has 1 heterocycles. The standard InChI is InChI=1S/C27H30ClF3N4O2/c1-17(2)15-34(25(37)18-7-6-8-19(13-18)27(29,30)31)16-24(36)32-23-14-22(26(3,4)5)33-35(23)21-11-9-20(28)10-12-21/h6-14,17H,15-16H2,1-5H3,(H,32,36). The van der Waals surface area contributed by atoms with Crippen LogP contribution in [0.3, 0.4) is 0 Å². The fraction of sp³-hybridized carbons (Fsp3) is 0.370. The number of benzene rings is 2. The molecule has 1 aromatic heterocycles. The number of hydrogen-bond acceptors (Lipinski definition) is 3. The number of carbonyl (C=O) groups is 2. The zero-order chi connectivity index (χ0) is 27.5. The summed E-state index contributed by atoms with van der Waals surface area (Å²) < 4.78 is 41.1. The molecule has 0 aliphatic carbocycles. The highest BCUT2D eigenvalue weighted by atomic mass is 35.5. The van der Waals surface area contributed by atoms with Gasteiger partial charge in [-0.3, -0.25) is 9.59 Å². The second-order valence-corrected chi connectivity index (χ2v) is 10.7. The van der Waals surface area contributed by atoms with E-state index in [1.165, 1.54) is 17.0 Å². The van der Waals surface area contributed by atoms with Crippen LogP contribution in [0.5, 0.6) is 0 Å². The van der Waals surface area contributed by atoms with Crippen LogP contribution >= 0.6 is 11.6 Å². The largest absolute Gasteiger partial charge is 0.416 e. The Morgan fingerprint density at radius 2 is 1.70 bits per heavy atom. The maximum absolute atomic E-state index is 13.2. The first-order chi connectivity index (χ1) is 17.1. The maximum atomic E-state index is 13.2. The molecule has 0 atom stereocenters. The van der Waals surface area contributed by atoms with E-state index in [2.05, 4.69) is 10.4 Å². The van der Waals surface area contributed by atoms with E-state index in [1.807, 2.05) is 34.6 Å². The molecule has 198 valence electrons. The Bertz CT molecular complexity index is 1260. The van der Waals surface area contributed by atoms with Gasteiger partial charge in [-0.1, -0.05) is 52.3 Å². The van der Waals surface area contributed by atoms with Crippen molar-refractivity contribution in [1.82, 2.24) is 14.7 Å². The molecule has 6 nitrogen and oxygen atoms in total. The smallest absolute Gasteiger partial charge is 0.329 e. The van der Waals surface area contributed by atoms with Crippen molar-refractivity contribution < 1.29 is 22.8 Å². The predicted molar refractivity (Wildman–Crippen MR) is 138 cm³/mol. The summed E-state index contributed by atoms with van der Waals surface area (Å²) in [6, 6.07) is 12.9. The topological polar surface area (TPSA) is 67.2 Å². The Morgan fingerprint density at radius 3 is 2.27 bits per heavy atom. The van der Waals surface area contributed by atoms with Gasteiger partial charge in [-0.2, -0.15) is 18.3 Å².